The molecule has 3 N–H and O–H groups in total. The van der Waals surface area contributed by atoms with Crippen LogP contribution in [-0.2, 0) is 4.79 Å². The number of carbonyl (C=O) groups excluding carboxylic acids is 2. The van der Waals surface area contributed by atoms with Crippen molar-refractivity contribution in [1.29, 1.82) is 0 Å². The summed E-state index contributed by atoms with van der Waals surface area (Å²) in [6.45, 7) is 5.10. The van der Waals surface area contributed by atoms with E-state index in [4.69, 9.17) is 0 Å². The highest BCUT2D eigenvalue weighted by Gasteiger charge is 2.12. The monoisotopic (exact) mass is 272 g/mol. The van der Waals surface area contributed by atoms with Gasteiger partial charge in [-0.25, -0.2) is 0 Å². The van der Waals surface area contributed by atoms with Crippen LogP contribution in [0.2, 0.25) is 0 Å². The van der Waals surface area contributed by atoms with E-state index >= 15 is 0 Å². The molecule has 0 aliphatic rings. The van der Waals surface area contributed by atoms with Crippen LogP contribution in [0.3, 0.4) is 0 Å². The third-order valence-electron chi connectivity index (χ3n) is 2.88. The number of hydrogen-bond donors (Lipinski definition) is 3. The van der Waals surface area contributed by atoms with Crippen molar-refractivity contribution >= 4 is 23.2 Å². The van der Waals surface area contributed by atoms with Gasteiger partial charge in [0.25, 0.3) is 5.91 Å². The highest BCUT2D eigenvalue weighted by Crippen LogP contribution is 2.21. The smallest absolute Gasteiger partial charge is 0.259 e. The number of nitrogens with zero attached hydrogens (tertiary/aromatic N) is 1. The van der Waals surface area contributed by atoms with E-state index in [1.54, 1.807) is 19.1 Å². The topological polar surface area (TPSA) is 86.9 Å². The fourth-order valence-electron chi connectivity index (χ4n) is 1.81. The zero-order valence-corrected chi connectivity index (χ0v) is 11.6. The number of anilines is 2. The van der Waals surface area contributed by atoms with Crippen molar-refractivity contribution in [2.45, 2.75) is 20.8 Å². The first-order chi connectivity index (χ1) is 9.47. The Hall–Kier alpha value is -2.63. The van der Waals surface area contributed by atoms with Gasteiger partial charge in [0, 0.05) is 24.0 Å². The van der Waals surface area contributed by atoms with Crippen molar-refractivity contribution < 1.29 is 9.59 Å². The lowest BCUT2D eigenvalue weighted by Gasteiger charge is -2.10. The summed E-state index contributed by atoms with van der Waals surface area (Å²) in [7, 11) is 0. The lowest BCUT2D eigenvalue weighted by molar-refractivity contribution is -0.114. The third-order valence-corrected chi connectivity index (χ3v) is 2.88. The molecular formula is C14H16N4O2. The summed E-state index contributed by atoms with van der Waals surface area (Å²) in [6.07, 6.45) is 1.48. The molecule has 0 atom stereocenters. The number of hydrogen-bond acceptors (Lipinski definition) is 3. The largest absolute Gasteiger partial charge is 0.326 e. The zero-order valence-electron chi connectivity index (χ0n) is 11.6. The van der Waals surface area contributed by atoms with Crippen molar-refractivity contribution in [3.05, 3.63) is 41.2 Å². The van der Waals surface area contributed by atoms with Gasteiger partial charge in [-0.15, -0.1) is 0 Å². The molecule has 2 amide bonds. The Morgan fingerprint density at radius 2 is 1.95 bits per heavy atom. The molecule has 2 rings (SSSR count). The number of amides is 2. The predicted molar refractivity (Wildman–Crippen MR) is 76.8 cm³/mol. The minimum absolute atomic E-state index is 0.156. The zero-order chi connectivity index (χ0) is 14.7. The Labute approximate surface area is 116 Å². The van der Waals surface area contributed by atoms with E-state index in [2.05, 4.69) is 20.8 Å². The molecule has 1 aromatic heterocycles. The summed E-state index contributed by atoms with van der Waals surface area (Å²) >= 11 is 0. The van der Waals surface area contributed by atoms with E-state index in [9.17, 15) is 9.59 Å². The summed E-state index contributed by atoms with van der Waals surface area (Å²) in [5.74, 6) is -0.392. The lowest BCUT2D eigenvalue weighted by atomic mass is 10.1. The molecule has 1 heterocycles. The van der Waals surface area contributed by atoms with Crippen LogP contribution in [0.5, 0.6) is 0 Å². The number of H-pyrrole nitrogens is 1. The maximum absolute atomic E-state index is 12.1. The summed E-state index contributed by atoms with van der Waals surface area (Å²) in [5.41, 5.74) is 3.41. The minimum atomic E-state index is -0.237. The number of aryl methyl sites for hydroxylation is 2. The first kappa shape index (κ1) is 13.8. The molecule has 1 aromatic carbocycles. The third kappa shape index (κ3) is 3.03. The van der Waals surface area contributed by atoms with Gasteiger partial charge >= 0.3 is 0 Å². The number of nitrogens with one attached hydrogen (secondary N) is 3. The summed E-state index contributed by atoms with van der Waals surface area (Å²) in [5, 5.41) is 12.0. The molecule has 0 radical (unpaired) electrons. The summed E-state index contributed by atoms with van der Waals surface area (Å²) in [4.78, 5) is 23.2. The summed E-state index contributed by atoms with van der Waals surface area (Å²) in [6, 6.07) is 5.35. The molecular weight excluding hydrogens is 256 g/mol. The summed E-state index contributed by atoms with van der Waals surface area (Å²) < 4.78 is 0. The number of carbonyl (C=O) groups is 2. The van der Waals surface area contributed by atoms with Crippen LogP contribution < -0.4 is 10.6 Å². The first-order valence-electron chi connectivity index (χ1n) is 6.17. The normalized spacial score (nSPS) is 10.2. The Kier molecular flexibility index (Phi) is 3.84. The highest BCUT2D eigenvalue weighted by molar-refractivity contribution is 6.05. The van der Waals surface area contributed by atoms with E-state index in [-0.39, 0.29) is 11.8 Å². The van der Waals surface area contributed by atoms with Gasteiger partial charge in [0.05, 0.1) is 11.8 Å². The van der Waals surface area contributed by atoms with Crippen LogP contribution in [0.25, 0.3) is 0 Å². The first-order valence-corrected chi connectivity index (χ1v) is 6.17. The van der Waals surface area contributed by atoms with E-state index in [0.29, 0.717) is 22.6 Å². The van der Waals surface area contributed by atoms with Crippen LogP contribution in [0.15, 0.2) is 24.4 Å². The second kappa shape index (κ2) is 5.56. The maximum atomic E-state index is 12.1. The van der Waals surface area contributed by atoms with Gasteiger partial charge in [0.2, 0.25) is 5.91 Å². The molecule has 0 unspecified atom stereocenters. The fourth-order valence-corrected chi connectivity index (χ4v) is 1.81. The SMILES string of the molecule is CC(=O)Nc1ccc(C)c(NC(=O)c2cn[nH]c2C)c1. The quantitative estimate of drug-likeness (QED) is 0.800. The molecule has 6 nitrogen and oxygen atoms in total. The van der Waals surface area contributed by atoms with Gasteiger partial charge in [-0.05, 0) is 31.5 Å². The minimum Gasteiger partial charge on any atom is -0.326 e. The molecule has 0 saturated carbocycles. The number of aromatic nitrogens is 2. The van der Waals surface area contributed by atoms with Crippen molar-refractivity contribution in [3.63, 3.8) is 0 Å². The number of benzene rings is 1. The van der Waals surface area contributed by atoms with Gasteiger partial charge < -0.3 is 10.6 Å². The van der Waals surface area contributed by atoms with Crippen molar-refractivity contribution in [3.8, 4) is 0 Å². The molecule has 0 spiro atoms. The van der Waals surface area contributed by atoms with Crippen LogP contribution in [0.1, 0.15) is 28.5 Å². The Morgan fingerprint density at radius 1 is 1.20 bits per heavy atom. The average Bonchev–Trinajstić information content (AvgIpc) is 2.79. The van der Waals surface area contributed by atoms with Gasteiger partial charge in [-0.3, -0.25) is 14.7 Å². The Balaban J connectivity index is 2.22. The van der Waals surface area contributed by atoms with Crippen molar-refractivity contribution in [2.24, 2.45) is 0 Å². The molecule has 0 aliphatic carbocycles. The second-order valence-corrected chi connectivity index (χ2v) is 4.57. The Morgan fingerprint density at radius 3 is 2.55 bits per heavy atom. The predicted octanol–water partition coefficient (Wildman–Crippen LogP) is 2.24. The van der Waals surface area contributed by atoms with Gasteiger partial charge in [-0.1, -0.05) is 6.07 Å². The van der Waals surface area contributed by atoms with E-state index in [1.165, 1.54) is 13.1 Å². The van der Waals surface area contributed by atoms with Crippen LogP contribution in [0.4, 0.5) is 11.4 Å². The molecule has 0 fully saturated rings. The molecule has 2 aromatic rings. The molecule has 0 bridgehead atoms. The van der Waals surface area contributed by atoms with E-state index in [0.717, 1.165) is 5.56 Å². The average molecular weight is 272 g/mol. The van der Waals surface area contributed by atoms with E-state index in [1.807, 2.05) is 13.0 Å². The van der Waals surface area contributed by atoms with Crippen molar-refractivity contribution in [2.75, 3.05) is 10.6 Å². The second-order valence-electron chi connectivity index (χ2n) is 4.57. The number of aromatic amines is 1. The standard InChI is InChI=1S/C14H16N4O2/c1-8-4-5-11(16-10(3)19)6-13(8)17-14(20)12-7-15-18-9(12)2/h4-7H,1-3H3,(H,15,18)(H,16,19)(H,17,20). The van der Waals surface area contributed by atoms with E-state index < -0.39 is 0 Å². The van der Waals surface area contributed by atoms with Crippen LogP contribution in [-0.4, -0.2) is 22.0 Å². The Bertz CT molecular complexity index is 661. The van der Waals surface area contributed by atoms with Crippen LogP contribution in [0, 0.1) is 13.8 Å². The van der Waals surface area contributed by atoms with Gasteiger partial charge in [0.15, 0.2) is 0 Å². The molecule has 0 saturated heterocycles. The molecule has 6 heteroatoms. The van der Waals surface area contributed by atoms with Crippen molar-refractivity contribution in [1.82, 2.24) is 10.2 Å². The number of rotatable bonds is 3. The fraction of sp³-hybridized carbons (Fsp3) is 0.214. The molecule has 104 valence electrons. The van der Waals surface area contributed by atoms with Gasteiger partial charge in [-0.2, -0.15) is 5.10 Å². The van der Waals surface area contributed by atoms with Crippen LogP contribution >= 0.6 is 0 Å². The van der Waals surface area contributed by atoms with Gasteiger partial charge in [0.1, 0.15) is 0 Å². The lowest BCUT2D eigenvalue weighted by Crippen LogP contribution is -2.14. The molecule has 0 aliphatic heterocycles. The maximum Gasteiger partial charge on any atom is 0.259 e. The molecule has 20 heavy (non-hydrogen) atoms. The highest BCUT2D eigenvalue weighted by atomic mass is 16.2.